The van der Waals surface area contributed by atoms with Crippen LogP contribution in [0.4, 0.5) is 4.79 Å². The van der Waals surface area contributed by atoms with E-state index in [4.69, 9.17) is 5.73 Å². The average molecular weight is 275 g/mol. The van der Waals surface area contributed by atoms with E-state index in [9.17, 15) is 9.59 Å². The van der Waals surface area contributed by atoms with Gasteiger partial charge < -0.3 is 20.7 Å². The molecule has 0 saturated carbocycles. The number of hydrogen-bond acceptors (Lipinski definition) is 5. The molecule has 0 aromatic carbocycles. The number of hydrogen-bond donors (Lipinski definition) is 2. The summed E-state index contributed by atoms with van der Waals surface area (Å²) in [4.78, 5) is 24.8. The van der Waals surface area contributed by atoms with Crippen molar-refractivity contribution in [3.05, 3.63) is 0 Å². The molecule has 2 amide bonds. The summed E-state index contributed by atoms with van der Waals surface area (Å²) in [6.07, 6.45) is 2.96. The molecule has 0 aromatic heterocycles. The predicted octanol–water partition coefficient (Wildman–Crippen LogP) is 0.0237. The molecule has 1 aliphatic heterocycles. The molecule has 0 aliphatic carbocycles. The molecular weight excluding hydrogens is 254 g/mol. The van der Waals surface area contributed by atoms with E-state index in [1.165, 1.54) is 7.11 Å². The molecule has 2 atom stereocenters. The van der Waals surface area contributed by atoms with Crippen LogP contribution in [0.3, 0.4) is 0 Å². The molecule has 7 heteroatoms. The van der Waals surface area contributed by atoms with Gasteiger partial charge in [0, 0.05) is 13.1 Å². The second kappa shape index (κ2) is 7.48. The van der Waals surface area contributed by atoms with Crippen molar-refractivity contribution in [3.63, 3.8) is 0 Å². The Morgan fingerprint density at radius 2 is 2.33 bits per heavy atom. The van der Waals surface area contributed by atoms with Crippen LogP contribution in [0.1, 0.15) is 12.8 Å². The Kier molecular flexibility index (Phi) is 6.28. The summed E-state index contributed by atoms with van der Waals surface area (Å²) in [5.41, 5.74) is 5.84. The minimum Gasteiger partial charge on any atom is -0.453 e. The Labute approximate surface area is 112 Å². The molecule has 1 rings (SSSR count). The normalized spacial score (nSPS) is 20.6. The minimum atomic E-state index is -0.457. The zero-order valence-electron chi connectivity index (χ0n) is 10.8. The molecule has 1 fully saturated rings. The van der Waals surface area contributed by atoms with Crippen LogP contribution in [0.15, 0.2) is 0 Å². The number of carbonyl (C=O) groups excluding carboxylic acids is 2. The van der Waals surface area contributed by atoms with Crippen LogP contribution in [0.5, 0.6) is 0 Å². The summed E-state index contributed by atoms with van der Waals surface area (Å²) in [7, 11) is 1.32. The van der Waals surface area contributed by atoms with Crippen LogP contribution < -0.4 is 11.1 Å². The van der Waals surface area contributed by atoms with Gasteiger partial charge in [-0.25, -0.2) is 4.79 Å². The lowest BCUT2D eigenvalue weighted by Gasteiger charge is -2.20. The molecule has 1 unspecified atom stereocenters. The fourth-order valence-corrected chi connectivity index (χ4v) is 2.40. The van der Waals surface area contributed by atoms with Crippen molar-refractivity contribution in [2.75, 3.05) is 32.2 Å². The van der Waals surface area contributed by atoms with Crippen molar-refractivity contribution < 1.29 is 14.3 Å². The van der Waals surface area contributed by atoms with E-state index in [1.807, 2.05) is 6.26 Å². The SMILES string of the molecule is COC(=O)NC1CCN(C(=O)[C@H](N)CCSC)C1. The number of likely N-dealkylation sites (tertiary alicyclic amines) is 1. The van der Waals surface area contributed by atoms with Crippen molar-refractivity contribution in [1.82, 2.24) is 10.2 Å². The summed E-state index contributed by atoms with van der Waals surface area (Å²) in [5.74, 6) is 0.850. The van der Waals surface area contributed by atoms with Gasteiger partial charge in [-0.3, -0.25) is 4.79 Å². The number of amides is 2. The maximum absolute atomic E-state index is 12.0. The second-order valence-electron chi connectivity index (χ2n) is 4.29. The number of nitrogens with one attached hydrogen (secondary N) is 1. The third-order valence-corrected chi connectivity index (χ3v) is 3.60. The molecule has 0 bridgehead atoms. The van der Waals surface area contributed by atoms with Crippen LogP contribution in [-0.4, -0.2) is 61.2 Å². The van der Waals surface area contributed by atoms with E-state index < -0.39 is 12.1 Å². The van der Waals surface area contributed by atoms with Crippen molar-refractivity contribution in [2.45, 2.75) is 24.9 Å². The average Bonchev–Trinajstić information content (AvgIpc) is 2.83. The number of methoxy groups -OCH3 is 1. The topological polar surface area (TPSA) is 84.7 Å². The number of carbonyl (C=O) groups is 2. The summed E-state index contributed by atoms with van der Waals surface area (Å²) in [6, 6.07) is -0.469. The Bertz CT molecular complexity index is 301. The second-order valence-corrected chi connectivity index (χ2v) is 5.28. The standard InChI is InChI=1S/C11H21N3O3S/c1-17-11(16)13-8-3-5-14(7-8)10(15)9(12)4-6-18-2/h8-9H,3-7,12H2,1-2H3,(H,13,16)/t8?,9-/m1/s1. The lowest BCUT2D eigenvalue weighted by atomic mass is 10.2. The molecule has 18 heavy (non-hydrogen) atoms. The summed E-state index contributed by atoms with van der Waals surface area (Å²) in [6.45, 7) is 1.15. The van der Waals surface area contributed by atoms with Crippen molar-refractivity contribution in [1.29, 1.82) is 0 Å². The quantitative estimate of drug-likeness (QED) is 0.739. The molecule has 1 saturated heterocycles. The summed E-state index contributed by atoms with van der Waals surface area (Å²) >= 11 is 1.68. The molecule has 0 radical (unpaired) electrons. The lowest BCUT2D eigenvalue weighted by molar-refractivity contribution is -0.131. The molecule has 0 aromatic rings. The smallest absolute Gasteiger partial charge is 0.407 e. The zero-order valence-corrected chi connectivity index (χ0v) is 11.7. The lowest BCUT2D eigenvalue weighted by Crippen LogP contribution is -2.45. The van der Waals surface area contributed by atoms with Gasteiger partial charge in [0.15, 0.2) is 0 Å². The summed E-state index contributed by atoms with van der Waals surface area (Å²) in [5, 5.41) is 2.70. The largest absolute Gasteiger partial charge is 0.453 e. The van der Waals surface area contributed by atoms with Gasteiger partial charge in [-0.15, -0.1) is 0 Å². The fraction of sp³-hybridized carbons (Fsp3) is 0.818. The number of ether oxygens (including phenoxy) is 1. The molecule has 3 N–H and O–H groups in total. The first-order chi connectivity index (χ1) is 8.58. The highest BCUT2D eigenvalue weighted by atomic mass is 32.2. The maximum atomic E-state index is 12.0. The molecule has 1 heterocycles. The van der Waals surface area contributed by atoms with Crippen LogP contribution in [0, 0.1) is 0 Å². The Morgan fingerprint density at radius 3 is 2.94 bits per heavy atom. The monoisotopic (exact) mass is 275 g/mol. The first kappa shape index (κ1) is 15.1. The van der Waals surface area contributed by atoms with Gasteiger partial charge in [0.25, 0.3) is 0 Å². The third-order valence-electron chi connectivity index (χ3n) is 2.96. The summed E-state index contributed by atoms with van der Waals surface area (Å²) < 4.78 is 4.53. The number of nitrogens with two attached hydrogens (primary N) is 1. The first-order valence-electron chi connectivity index (χ1n) is 5.96. The van der Waals surface area contributed by atoms with Crippen LogP contribution >= 0.6 is 11.8 Å². The van der Waals surface area contributed by atoms with E-state index in [2.05, 4.69) is 10.1 Å². The highest BCUT2D eigenvalue weighted by Crippen LogP contribution is 2.12. The molecule has 1 aliphatic rings. The van der Waals surface area contributed by atoms with Gasteiger partial charge in [0.05, 0.1) is 19.2 Å². The molecule has 6 nitrogen and oxygen atoms in total. The van der Waals surface area contributed by atoms with Gasteiger partial charge >= 0.3 is 6.09 Å². The van der Waals surface area contributed by atoms with E-state index >= 15 is 0 Å². The van der Waals surface area contributed by atoms with Crippen LogP contribution in [0.2, 0.25) is 0 Å². The highest BCUT2D eigenvalue weighted by Gasteiger charge is 2.29. The Morgan fingerprint density at radius 1 is 1.61 bits per heavy atom. The van der Waals surface area contributed by atoms with E-state index in [0.717, 1.165) is 12.2 Å². The number of rotatable bonds is 5. The number of thioether (sulfide) groups is 1. The van der Waals surface area contributed by atoms with E-state index in [1.54, 1.807) is 16.7 Å². The van der Waals surface area contributed by atoms with E-state index in [-0.39, 0.29) is 11.9 Å². The van der Waals surface area contributed by atoms with Gasteiger partial charge in [-0.1, -0.05) is 0 Å². The predicted molar refractivity (Wildman–Crippen MR) is 71.5 cm³/mol. The number of nitrogens with zero attached hydrogens (tertiary/aromatic N) is 1. The van der Waals surface area contributed by atoms with Crippen molar-refractivity contribution >= 4 is 23.8 Å². The van der Waals surface area contributed by atoms with Gasteiger partial charge in [0.1, 0.15) is 0 Å². The molecule has 0 spiro atoms. The molecular formula is C11H21N3O3S. The minimum absolute atomic E-state index is 0.0294. The van der Waals surface area contributed by atoms with Crippen molar-refractivity contribution in [3.8, 4) is 0 Å². The zero-order chi connectivity index (χ0) is 13.5. The Balaban J connectivity index is 2.36. The Hall–Kier alpha value is -0.950. The maximum Gasteiger partial charge on any atom is 0.407 e. The molecule has 104 valence electrons. The van der Waals surface area contributed by atoms with Crippen molar-refractivity contribution in [2.24, 2.45) is 5.73 Å². The third kappa shape index (κ3) is 4.38. The van der Waals surface area contributed by atoms with E-state index in [0.29, 0.717) is 19.5 Å². The van der Waals surface area contributed by atoms with Gasteiger partial charge in [-0.05, 0) is 24.9 Å². The van der Waals surface area contributed by atoms with Crippen LogP contribution in [-0.2, 0) is 9.53 Å². The number of alkyl carbamates (subject to hydrolysis) is 1. The first-order valence-corrected chi connectivity index (χ1v) is 7.35. The highest BCUT2D eigenvalue weighted by molar-refractivity contribution is 7.98. The fourth-order valence-electron chi connectivity index (χ4n) is 1.91. The van der Waals surface area contributed by atoms with Gasteiger partial charge in [-0.2, -0.15) is 11.8 Å². The van der Waals surface area contributed by atoms with Crippen LogP contribution in [0.25, 0.3) is 0 Å². The van der Waals surface area contributed by atoms with Gasteiger partial charge in [0.2, 0.25) is 5.91 Å².